The molecule has 0 spiro atoms. The van der Waals surface area contributed by atoms with Crippen LogP contribution in [-0.2, 0) is 26.5 Å². The molecule has 11 nitrogen and oxygen atoms in total. The minimum Gasteiger partial charge on any atom is -0.496 e. The van der Waals surface area contributed by atoms with Crippen LogP contribution < -0.4 is 4.74 Å². The van der Waals surface area contributed by atoms with E-state index in [1.165, 1.54) is 16.7 Å². The third-order valence-corrected chi connectivity index (χ3v) is 8.13. The number of carboxylic acid groups (broad SMARTS) is 3. The molecule has 0 bridgehead atoms. The molecule has 1 aliphatic heterocycles. The molecule has 4 rings (SSSR count). The summed E-state index contributed by atoms with van der Waals surface area (Å²) in [5.74, 6) is -3.24. The smallest absolute Gasteiger partial charge is 0.336 e. The highest BCUT2D eigenvalue weighted by Crippen LogP contribution is 2.50. The predicted molar refractivity (Wildman–Crippen MR) is 144 cm³/mol. The summed E-state index contributed by atoms with van der Waals surface area (Å²) in [6.45, 7) is 9.26. The van der Waals surface area contributed by atoms with Gasteiger partial charge in [0.2, 0.25) is 0 Å². The van der Waals surface area contributed by atoms with Gasteiger partial charge in [-0.1, -0.05) is 12.1 Å². The molecular weight excluding hydrogens is 520 g/mol. The topological polar surface area (TPSA) is 178 Å². The maximum Gasteiger partial charge on any atom is 0.336 e. The fraction of sp³-hybridized carbons (Fsp3) is 0.517. The Hall–Kier alpha value is -3.54. The van der Waals surface area contributed by atoms with Crippen LogP contribution >= 0.6 is 0 Å². The molecule has 40 heavy (non-hydrogen) atoms. The zero-order valence-electron chi connectivity index (χ0n) is 23.3. The third kappa shape index (κ3) is 6.78. The van der Waals surface area contributed by atoms with Crippen molar-refractivity contribution in [3.63, 3.8) is 0 Å². The number of nitrogens with zero attached hydrogens (tertiary/aromatic N) is 2. The maximum atomic E-state index is 11.5. The van der Waals surface area contributed by atoms with Gasteiger partial charge in [0, 0.05) is 31.7 Å². The Morgan fingerprint density at radius 3 is 2.20 bits per heavy atom. The molecule has 0 radical (unpaired) electrons. The minimum atomic E-state index is -2.74. The number of benzene rings is 1. The van der Waals surface area contributed by atoms with Crippen molar-refractivity contribution in [2.24, 2.45) is 11.8 Å². The van der Waals surface area contributed by atoms with Gasteiger partial charge in [-0.2, -0.15) is 0 Å². The summed E-state index contributed by atoms with van der Waals surface area (Å²) in [6, 6.07) is 8.32. The summed E-state index contributed by atoms with van der Waals surface area (Å²) in [5.41, 5.74) is 2.34. The molecule has 0 amide bonds. The van der Waals surface area contributed by atoms with E-state index in [1.807, 2.05) is 19.2 Å². The normalized spacial score (nSPS) is 22.2. The van der Waals surface area contributed by atoms with E-state index in [-0.39, 0.29) is 5.92 Å². The molecule has 218 valence electrons. The number of methoxy groups -OCH3 is 1. The SMILES string of the molecule is COc1ccc(CN2C[C@@H]3CC[C@@](O)(c4ccc(C)cn4)[C@@H]3C2)c(C)c1C.O=C(O)CC(O)(CC(=O)O)C(=O)O. The van der Waals surface area contributed by atoms with Gasteiger partial charge < -0.3 is 30.3 Å². The zero-order chi connectivity index (χ0) is 29.8. The second kappa shape index (κ2) is 12.3. The van der Waals surface area contributed by atoms with E-state index in [9.17, 15) is 19.5 Å². The average molecular weight is 559 g/mol. The van der Waals surface area contributed by atoms with E-state index in [2.05, 4.69) is 41.9 Å². The molecule has 2 heterocycles. The van der Waals surface area contributed by atoms with Gasteiger partial charge in [-0.3, -0.25) is 19.5 Å². The summed E-state index contributed by atoms with van der Waals surface area (Å²) in [5, 5.41) is 45.3. The Bertz CT molecular complexity index is 1230. The molecule has 3 atom stereocenters. The van der Waals surface area contributed by atoms with Gasteiger partial charge in [-0.25, -0.2) is 4.79 Å². The van der Waals surface area contributed by atoms with Crippen molar-refractivity contribution >= 4 is 17.9 Å². The number of hydrogen-bond donors (Lipinski definition) is 5. The van der Waals surface area contributed by atoms with Crippen LogP contribution in [0.4, 0.5) is 0 Å². The van der Waals surface area contributed by atoms with Crippen molar-refractivity contribution < 1.29 is 44.7 Å². The van der Waals surface area contributed by atoms with E-state index in [0.717, 1.165) is 49.5 Å². The number of pyridine rings is 1. The quantitative estimate of drug-likeness (QED) is 0.305. The second-order valence-corrected chi connectivity index (χ2v) is 10.9. The van der Waals surface area contributed by atoms with Crippen molar-refractivity contribution in [2.45, 2.75) is 64.2 Å². The van der Waals surface area contributed by atoms with E-state index in [4.69, 9.17) is 25.2 Å². The molecule has 11 heteroatoms. The molecule has 0 unspecified atom stereocenters. The van der Waals surface area contributed by atoms with Crippen LogP contribution in [0.15, 0.2) is 30.5 Å². The van der Waals surface area contributed by atoms with Gasteiger partial charge in [0.25, 0.3) is 0 Å². The standard InChI is InChI=1S/C23H30N2O2.C6H8O7/c1-15-5-8-22(24-11-15)23(26)10-9-19-13-25(14-20(19)23)12-18-6-7-21(27-4)17(3)16(18)2;7-3(8)1-6(13,5(11)12)2-4(9)10/h5-8,11,19-20,26H,9-10,12-14H2,1-4H3;13H,1-2H2,(H,7,8)(H,9,10)(H,11,12)/t19-,20+,23-;/m0./s1. The van der Waals surface area contributed by atoms with Crippen LogP contribution in [0.25, 0.3) is 0 Å². The number of likely N-dealkylation sites (tertiary alicyclic amines) is 1. The molecule has 2 fully saturated rings. The van der Waals surface area contributed by atoms with E-state index >= 15 is 0 Å². The van der Waals surface area contributed by atoms with Gasteiger partial charge in [0.05, 0.1) is 25.6 Å². The number of carboxylic acids is 3. The predicted octanol–water partition coefficient (Wildman–Crippen LogP) is 2.50. The zero-order valence-corrected chi connectivity index (χ0v) is 23.3. The maximum absolute atomic E-state index is 11.5. The van der Waals surface area contributed by atoms with E-state index < -0.39 is 42.0 Å². The molecule has 1 aliphatic carbocycles. The average Bonchev–Trinajstić information content (AvgIpc) is 3.42. The Morgan fingerprint density at radius 1 is 1.02 bits per heavy atom. The minimum absolute atomic E-state index is 0.271. The summed E-state index contributed by atoms with van der Waals surface area (Å²) < 4.78 is 5.44. The lowest BCUT2D eigenvalue weighted by Gasteiger charge is -2.30. The lowest BCUT2D eigenvalue weighted by molar-refractivity contribution is -0.170. The fourth-order valence-electron chi connectivity index (χ4n) is 5.76. The van der Waals surface area contributed by atoms with Crippen LogP contribution in [-0.4, -0.2) is 79.1 Å². The summed E-state index contributed by atoms with van der Waals surface area (Å²) in [4.78, 5) is 37.6. The van der Waals surface area contributed by atoms with Gasteiger partial charge in [-0.05, 0) is 73.9 Å². The van der Waals surface area contributed by atoms with Crippen LogP contribution in [0.3, 0.4) is 0 Å². The summed E-state index contributed by atoms with van der Waals surface area (Å²) >= 11 is 0. The highest BCUT2D eigenvalue weighted by molar-refractivity contribution is 5.88. The van der Waals surface area contributed by atoms with Crippen LogP contribution in [0, 0.1) is 32.6 Å². The number of hydrogen-bond acceptors (Lipinski definition) is 8. The summed E-state index contributed by atoms with van der Waals surface area (Å²) in [7, 11) is 1.73. The van der Waals surface area contributed by atoms with Crippen molar-refractivity contribution in [1.29, 1.82) is 0 Å². The number of fused-ring (bicyclic) bond motifs is 1. The lowest BCUT2D eigenvalue weighted by atomic mass is 9.85. The molecule has 1 aromatic heterocycles. The number of aliphatic carboxylic acids is 3. The van der Waals surface area contributed by atoms with Gasteiger partial charge in [0.15, 0.2) is 5.60 Å². The van der Waals surface area contributed by atoms with Crippen molar-refractivity contribution in [1.82, 2.24) is 9.88 Å². The van der Waals surface area contributed by atoms with Gasteiger partial charge >= 0.3 is 17.9 Å². The van der Waals surface area contributed by atoms with E-state index in [0.29, 0.717) is 5.92 Å². The van der Waals surface area contributed by atoms with Crippen LogP contribution in [0.5, 0.6) is 5.75 Å². The van der Waals surface area contributed by atoms with Crippen molar-refractivity contribution in [3.8, 4) is 5.75 Å². The largest absolute Gasteiger partial charge is 0.496 e. The lowest BCUT2D eigenvalue weighted by Crippen LogP contribution is -2.42. The number of rotatable bonds is 9. The first kappa shape index (κ1) is 31.0. The monoisotopic (exact) mass is 558 g/mol. The highest BCUT2D eigenvalue weighted by atomic mass is 16.5. The first-order valence-electron chi connectivity index (χ1n) is 13.1. The molecule has 1 saturated carbocycles. The Kier molecular flexibility index (Phi) is 9.55. The molecule has 2 aliphatic rings. The number of carbonyl (C=O) groups is 3. The molecule has 2 aromatic rings. The Morgan fingerprint density at radius 2 is 1.68 bits per heavy atom. The first-order valence-corrected chi connectivity index (χ1v) is 13.1. The first-order chi connectivity index (χ1) is 18.7. The van der Waals surface area contributed by atoms with Crippen molar-refractivity contribution in [2.75, 3.05) is 20.2 Å². The number of ether oxygens (including phenoxy) is 1. The van der Waals surface area contributed by atoms with Gasteiger partial charge in [-0.15, -0.1) is 0 Å². The molecular formula is C29H38N2O9. The molecule has 1 saturated heterocycles. The van der Waals surface area contributed by atoms with E-state index in [1.54, 1.807) is 7.11 Å². The fourth-order valence-corrected chi connectivity index (χ4v) is 5.76. The molecule has 1 aromatic carbocycles. The third-order valence-electron chi connectivity index (χ3n) is 8.13. The Balaban J connectivity index is 0.000000289. The van der Waals surface area contributed by atoms with Crippen molar-refractivity contribution in [3.05, 3.63) is 58.4 Å². The highest BCUT2D eigenvalue weighted by Gasteiger charge is 2.53. The second-order valence-electron chi connectivity index (χ2n) is 10.9. The number of aromatic nitrogens is 1. The summed E-state index contributed by atoms with van der Waals surface area (Å²) in [6.07, 6.45) is 1.49. The molecule has 5 N–H and O–H groups in total. The van der Waals surface area contributed by atoms with Crippen LogP contribution in [0.1, 0.15) is 53.6 Å². The van der Waals surface area contributed by atoms with Gasteiger partial charge in [0.1, 0.15) is 11.4 Å². The Labute approximate surface area is 233 Å². The number of aliphatic hydroxyl groups is 2. The van der Waals surface area contributed by atoms with Crippen LogP contribution in [0.2, 0.25) is 0 Å². The number of aryl methyl sites for hydroxylation is 1.